The normalized spacial score (nSPS) is 12.1. The zero-order valence-corrected chi connectivity index (χ0v) is 18.6. The number of nitrogens with two attached hydrogens (primary N) is 2. The molecule has 0 aliphatic heterocycles. The number of para-hydroxylation sites is 1. The Morgan fingerprint density at radius 2 is 1.59 bits per heavy atom. The highest BCUT2D eigenvalue weighted by Gasteiger charge is 2.18. The fourth-order valence-electron chi connectivity index (χ4n) is 3.10. The minimum Gasteiger partial charge on any atom is -0.425 e. The molecule has 0 amide bonds. The Bertz CT molecular complexity index is 1390. The maximum Gasteiger partial charge on any atom is 0.332 e. The first kappa shape index (κ1) is 23.1. The number of hydrogen-bond acceptors (Lipinski definition) is 8. The van der Waals surface area contributed by atoms with Crippen LogP contribution in [-0.4, -0.2) is 24.4 Å². The number of benzene rings is 3. The number of sulfonamides is 1. The third-order valence-electron chi connectivity index (χ3n) is 4.88. The molecule has 0 radical (unpaired) electrons. The molecular formula is C24H21N5O4S. The molecule has 172 valence electrons. The Morgan fingerprint density at radius 1 is 0.912 bits per heavy atom. The summed E-state index contributed by atoms with van der Waals surface area (Å²) in [6, 6.07) is 22.6. The molecule has 0 bridgehead atoms. The van der Waals surface area contributed by atoms with Gasteiger partial charge in [0, 0.05) is 17.4 Å². The summed E-state index contributed by atoms with van der Waals surface area (Å²) in [6.07, 6.45) is 1.60. The lowest BCUT2D eigenvalue weighted by molar-refractivity contribution is -0.136. The molecule has 4 rings (SSSR count). The third kappa shape index (κ3) is 5.62. The van der Waals surface area contributed by atoms with E-state index in [-0.39, 0.29) is 4.90 Å². The first-order valence-electron chi connectivity index (χ1n) is 10.2. The Morgan fingerprint density at radius 3 is 2.24 bits per heavy atom. The second-order valence-corrected chi connectivity index (χ2v) is 8.86. The summed E-state index contributed by atoms with van der Waals surface area (Å²) in [5.41, 5.74) is 8.71. The summed E-state index contributed by atoms with van der Waals surface area (Å²) in [5.74, 6) is 0.203. The predicted molar refractivity (Wildman–Crippen MR) is 128 cm³/mol. The highest BCUT2D eigenvalue weighted by atomic mass is 32.2. The van der Waals surface area contributed by atoms with Crippen LogP contribution in [0, 0.1) is 0 Å². The van der Waals surface area contributed by atoms with Gasteiger partial charge < -0.3 is 15.8 Å². The van der Waals surface area contributed by atoms with E-state index in [9.17, 15) is 13.2 Å². The molecule has 5 N–H and O–H groups in total. The van der Waals surface area contributed by atoms with Gasteiger partial charge in [-0.3, -0.25) is 0 Å². The van der Waals surface area contributed by atoms with E-state index in [4.69, 9.17) is 15.6 Å². The summed E-state index contributed by atoms with van der Waals surface area (Å²) >= 11 is 0. The van der Waals surface area contributed by atoms with Gasteiger partial charge in [0.25, 0.3) is 0 Å². The Labute approximate surface area is 196 Å². The van der Waals surface area contributed by atoms with Crippen molar-refractivity contribution in [1.29, 1.82) is 0 Å². The zero-order valence-electron chi connectivity index (χ0n) is 17.8. The van der Waals surface area contributed by atoms with Gasteiger partial charge >= 0.3 is 5.97 Å². The second kappa shape index (κ2) is 9.79. The molecule has 34 heavy (non-hydrogen) atoms. The fourth-order valence-corrected chi connectivity index (χ4v) is 3.62. The monoisotopic (exact) mass is 475 g/mol. The minimum atomic E-state index is -3.76. The molecule has 0 unspecified atom stereocenters. The van der Waals surface area contributed by atoms with Crippen LogP contribution in [-0.2, 0) is 14.8 Å². The zero-order chi connectivity index (χ0) is 24.1. The van der Waals surface area contributed by atoms with Gasteiger partial charge in [0.15, 0.2) is 0 Å². The number of esters is 1. The van der Waals surface area contributed by atoms with E-state index in [1.54, 1.807) is 72.9 Å². The lowest BCUT2D eigenvalue weighted by Crippen LogP contribution is -2.25. The lowest BCUT2D eigenvalue weighted by Gasteiger charge is -2.12. The summed E-state index contributed by atoms with van der Waals surface area (Å²) in [6.45, 7) is 0. The molecule has 3 aromatic carbocycles. The lowest BCUT2D eigenvalue weighted by atomic mass is 10.0. The number of carbonyl (C=O) groups excluding carboxylic acids is 1. The average Bonchev–Trinajstić information content (AvgIpc) is 2.84. The molecule has 1 atom stereocenters. The number of rotatable bonds is 7. The van der Waals surface area contributed by atoms with Crippen LogP contribution in [0.1, 0.15) is 11.6 Å². The van der Waals surface area contributed by atoms with Crippen LogP contribution < -0.4 is 20.9 Å². The Hall–Kier alpha value is -4.12. The number of aromatic nitrogens is 2. The van der Waals surface area contributed by atoms with Crippen molar-refractivity contribution in [3.63, 3.8) is 0 Å². The van der Waals surface area contributed by atoms with Gasteiger partial charge in [-0.1, -0.05) is 42.5 Å². The number of ether oxygens (including phenoxy) is 1. The van der Waals surface area contributed by atoms with Gasteiger partial charge in [0.05, 0.1) is 10.6 Å². The Balaban J connectivity index is 1.45. The van der Waals surface area contributed by atoms with E-state index >= 15 is 0 Å². The maximum absolute atomic E-state index is 12.3. The number of carbonyl (C=O) groups is 1. The highest BCUT2D eigenvalue weighted by Crippen LogP contribution is 2.23. The molecule has 0 aliphatic carbocycles. The molecule has 4 aromatic rings. The van der Waals surface area contributed by atoms with Crippen molar-refractivity contribution in [1.82, 2.24) is 9.97 Å². The van der Waals surface area contributed by atoms with Gasteiger partial charge in [-0.2, -0.15) is 0 Å². The van der Waals surface area contributed by atoms with Crippen LogP contribution in [0.3, 0.4) is 0 Å². The summed E-state index contributed by atoms with van der Waals surface area (Å²) in [7, 11) is -3.76. The molecule has 10 heteroatoms. The van der Waals surface area contributed by atoms with Gasteiger partial charge in [-0.05, 0) is 48.0 Å². The molecular weight excluding hydrogens is 454 g/mol. The number of anilines is 2. The van der Waals surface area contributed by atoms with E-state index in [0.29, 0.717) is 28.6 Å². The van der Waals surface area contributed by atoms with Crippen molar-refractivity contribution >= 4 is 27.6 Å². The van der Waals surface area contributed by atoms with Crippen LogP contribution in [0.15, 0.2) is 96.0 Å². The summed E-state index contributed by atoms with van der Waals surface area (Å²) in [4.78, 5) is 21.0. The van der Waals surface area contributed by atoms with Crippen LogP contribution in [0.4, 0.5) is 11.6 Å². The van der Waals surface area contributed by atoms with Gasteiger partial charge in [0.2, 0.25) is 16.0 Å². The molecule has 0 fully saturated rings. The van der Waals surface area contributed by atoms with Gasteiger partial charge in [-0.25, -0.2) is 28.3 Å². The van der Waals surface area contributed by atoms with Crippen LogP contribution in [0.25, 0.3) is 11.3 Å². The van der Waals surface area contributed by atoms with E-state index in [1.165, 1.54) is 12.1 Å². The van der Waals surface area contributed by atoms with Crippen LogP contribution >= 0.6 is 0 Å². The standard InChI is InChI=1S/C24H21N5O4S/c25-22(23(30)33-19-4-2-1-3-5-19)17-8-6-16(7-9-17)21-14-15-27-24(29-21)28-18-10-12-20(13-11-18)34(26,31)32/h1-15,22H,25H2,(H2,26,31,32)(H,27,28,29)/t22-/m1/s1. The van der Waals surface area contributed by atoms with Crippen molar-refractivity contribution in [2.24, 2.45) is 10.9 Å². The molecule has 0 aliphatic rings. The van der Waals surface area contributed by atoms with Crippen molar-refractivity contribution in [3.8, 4) is 17.0 Å². The molecule has 0 spiro atoms. The van der Waals surface area contributed by atoms with E-state index in [2.05, 4.69) is 15.3 Å². The molecule has 9 nitrogen and oxygen atoms in total. The topological polar surface area (TPSA) is 150 Å². The van der Waals surface area contributed by atoms with Crippen molar-refractivity contribution < 1.29 is 17.9 Å². The SMILES string of the molecule is N[C@@H](C(=O)Oc1ccccc1)c1ccc(-c2ccnc(Nc3ccc(S(N)(=O)=O)cc3)n2)cc1. The molecule has 1 aromatic heterocycles. The summed E-state index contributed by atoms with van der Waals surface area (Å²) < 4.78 is 28.1. The smallest absolute Gasteiger partial charge is 0.332 e. The second-order valence-electron chi connectivity index (χ2n) is 7.29. The van der Waals surface area contributed by atoms with Gasteiger partial charge in [-0.15, -0.1) is 0 Å². The fraction of sp³-hybridized carbons (Fsp3) is 0.0417. The first-order chi connectivity index (χ1) is 16.3. The first-order valence-corrected chi connectivity index (χ1v) is 11.7. The molecule has 0 saturated heterocycles. The number of nitrogens with zero attached hydrogens (tertiary/aromatic N) is 2. The van der Waals surface area contributed by atoms with E-state index in [0.717, 1.165) is 5.56 Å². The minimum absolute atomic E-state index is 0.0127. The summed E-state index contributed by atoms with van der Waals surface area (Å²) in [5, 5.41) is 8.14. The van der Waals surface area contributed by atoms with Crippen LogP contribution in [0.2, 0.25) is 0 Å². The van der Waals surface area contributed by atoms with Crippen LogP contribution in [0.5, 0.6) is 5.75 Å². The van der Waals surface area contributed by atoms with Gasteiger partial charge in [0.1, 0.15) is 11.8 Å². The highest BCUT2D eigenvalue weighted by molar-refractivity contribution is 7.89. The Kier molecular flexibility index (Phi) is 6.64. The predicted octanol–water partition coefficient (Wildman–Crippen LogP) is 3.14. The van der Waals surface area contributed by atoms with Crippen molar-refractivity contribution in [3.05, 3.63) is 96.7 Å². The van der Waals surface area contributed by atoms with Crippen molar-refractivity contribution in [2.75, 3.05) is 5.32 Å². The van der Waals surface area contributed by atoms with Crippen molar-refractivity contribution in [2.45, 2.75) is 10.9 Å². The number of hydrogen-bond donors (Lipinski definition) is 3. The number of nitrogens with one attached hydrogen (secondary N) is 1. The quantitative estimate of drug-likeness (QED) is 0.272. The average molecular weight is 476 g/mol. The number of primary sulfonamides is 1. The molecule has 0 saturated carbocycles. The maximum atomic E-state index is 12.3. The third-order valence-corrected chi connectivity index (χ3v) is 5.80. The molecule has 1 heterocycles. The van der Waals surface area contributed by atoms with E-state index < -0.39 is 22.0 Å². The van der Waals surface area contributed by atoms with E-state index in [1.807, 2.05) is 6.07 Å². The largest absolute Gasteiger partial charge is 0.425 e.